The summed E-state index contributed by atoms with van der Waals surface area (Å²) in [4.78, 5) is 29.0. The van der Waals surface area contributed by atoms with E-state index in [0.717, 1.165) is 24.2 Å². The zero-order valence-electron chi connectivity index (χ0n) is 22.8. The molecule has 3 rings (SSSR count). The first kappa shape index (κ1) is 32.7. The van der Waals surface area contributed by atoms with Gasteiger partial charge in [0.2, 0.25) is 12.3 Å². The molecule has 0 radical (unpaired) electrons. The number of carbonyl (C=O) groups excluding carboxylic acids is 2. The summed E-state index contributed by atoms with van der Waals surface area (Å²) in [6.45, 7) is 17.9. The Morgan fingerprint density at radius 1 is 1.29 bits per heavy atom. The van der Waals surface area contributed by atoms with Crippen LogP contribution in [0.15, 0.2) is 29.8 Å². The second-order valence-electron chi connectivity index (χ2n) is 9.73. The summed E-state index contributed by atoms with van der Waals surface area (Å²) in [5, 5.41) is 11.9. The van der Waals surface area contributed by atoms with Crippen LogP contribution in [-0.4, -0.2) is 52.5 Å². The largest absolute Gasteiger partial charge is 0.391 e. The Kier molecular flexibility index (Phi) is 16.1. The monoisotopic (exact) mass is 506 g/mol. The molecule has 1 aliphatic rings. The van der Waals surface area contributed by atoms with E-state index in [9.17, 15) is 14.7 Å². The molecule has 0 spiro atoms. The number of nitrogens with zero attached hydrogens (tertiary/aromatic N) is 2. The number of hydrogen-bond donors (Lipinski definition) is 3. The Bertz CT molecular complexity index is 842. The van der Waals surface area contributed by atoms with E-state index in [0.29, 0.717) is 32.0 Å². The number of aliphatic hydroxyl groups is 1. The van der Waals surface area contributed by atoms with E-state index < -0.39 is 0 Å². The van der Waals surface area contributed by atoms with Crippen LogP contribution in [0.2, 0.25) is 0 Å². The van der Waals surface area contributed by atoms with Gasteiger partial charge in [-0.3, -0.25) is 9.59 Å². The van der Waals surface area contributed by atoms with Crippen molar-refractivity contribution in [3.05, 3.63) is 41.0 Å². The number of nitrogens with one attached hydrogen (secondary N) is 1. The van der Waals surface area contributed by atoms with Crippen LogP contribution in [0.1, 0.15) is 72.6 Å². The van der Waals surface area contributed by atoms with E-state index in [2.05, 4.69) is 43.2 Å². The first-order chi connectivity index (χ1) is 16.4. The van der Waals surface area contributed by atoms with Gasteiger partial charge >= 0.3 is 0 Å². The summed E-state index contributed by atoms with van der Waals surface area (Å²) in [5.74, 6) is 0.170. The van der Waals surface area contributed by atoms with E-state index in [-0.39, 0.29) is 17.4 Å². The molecule has 8 heteroatoms. The van der Waals surface area contributed by atoms with Gasteiger partial charge in [0, 0.05) is 26.1 Å². The molecule has 198 valence electrons. The first-order valence-electron chi connectivity index (χ1n) is 12.3. The van der Waals surface area contributed by atoms with Gasteiger partial charge in [-0.25, -0.2) is 4.98 Å². The Labute approximate surface area is 216 Å². The zero-order chi connectivity index (χ0) is 27.0. The standard InChI is InChI=1S/C12H12N2OS.C10H19NO2.C3H9N.C2H6/c1-9-12(16-8-14-9)11-4-2-10(3-5-11)6-13-7-15;1-10(2,3)6-9(13)11-5-4-8(12)7-11;1-3(2)4;1-2/h2-5,7-8H,6H2,1H3,(H,13,15);8,12H,4-7H2,1-3H3;3H,4H2,1-2H3;1-2H3. The third-order valence-electron chi connectivity index (χ3n) is 4.55. The third kappa shape index (κ3) is 14.7. The van der Waals surface area contributed by atoms with Crippen LogP contribution >= 0.6 is 11.3 Å². The molecule has 7 nitrogen and oxygen atoms in total. The number of thiazole rings is 1. The predicted molar refractivity (Wildman–Crippen MR) is 147 cm³/mol. The molecule has 1 aromatic carbocycles. The third-order valence-corrected chi connectivity index (χ3v) is 5.53. The van der Waals surface area contributed by atoms with Crippen molar-refractivity contribution in [1.29, 1.82) is 0 Å². The molecule has 2 amide bonds. The molecule has 35 heavy (non-hydrogen) atoms. The summed E-state index contributed by atoms with van der Waals surface area (Å²) < 4.78 is 0. The number of aliphatic hydroxyl groups excluding tert-OH is 1. The van der Waals surface area contributed by atoms with Crippen LogP contribution in [-0.2, 0) is 16.1 Å². The Morgan fingerprint density at radius 3 is 2.26 bits per heavy atom. The Hall–Kier alpha value is -2.29. The molecule has 1 saturated heterocycles. The van der Waals surface area contributed by atoms with E-state index in [1.165, 1.54) is 10.4 Å². The van der Waals surface area contributed by atoms with Crippen molar-refractivity contribution < 1.29 is 14.7 Å². The van der Waals surface area contributed by atoms with Crippen LogP contribution in [0.4, 0.5) is 0 Å². The highest BCUT2D eigenvalue weighted by atomic mass is 32.1. The molecule has 1 unspecified atom stereocenters. The molecule has 1 fully saturated rings. The number of benzene rings is 1. The molecule has 2 aromatic rings. The van der Waals surface area contributed by atoms with Crippen LogP contribution in [0.25, 0.3) is 10.4 Å². The van der Waals surface area contributed by atoms with Crippen molar-refractivity contribution in [2.45, 2.75) is 86.9 Å². The molecule has 2 heterocycles. The number of rotatable bonds is 5. The fraction of sp³-hybridized carbons (Fsp3) is 0.593. The van der Waals surface area contributed by atoms with Crippen molar-refractivity contribution in [2.24, 2.45) is 11.1 Å². The van der Waals surface area contributed by atoms with Crippen LogP contribution in [0.5, 0.6) is 0 Å². The summed E-state index contributed by atoms with van der Waals surface area (Å²) in [6.07, 6.45) is 1.71. The van der Waals surface area contributed by atoms with Crippen molar-refractivity contribution in [1.82, 2.24) is 15.2 Å². The van der Waals surface area contributed by atoms with Gasteiger partial charge in [-0.2, -0.15) is 0 Å². The summed E-state index contributed by atoms with van der Waals surface area (Å²) in [7, 11) is 0. The van der Waals surface area contributed by atoms with Gasteiger partial charge in [0.25, 0.3) is 0 Å². The minimum Gasteiger partial charge on any atom is -0.391 e. The minimum atomic E-state index is -0.302. The van der Waals surface area contributed by atoms with Crippen molar-refractivity contribution >= 4 is 23.7 Å². The molecule has 0 aliphatic carbocycles. The molecule has 0 bridgehead atoms. The second kappa shape index (κ2) is 17.2. The SMILES string of the molecule is CC.CC(C)(C)CC(=O)N1CCC(O)C1.CC(C)N.Cc1ncsc1-c1ccc(CNC=O)cc1. The quantitative estimate of drug-likeness (QED) is 0.507. The molecule has 1 aliphatic heterocycles. The maximum absolute atomic E-state index is 11.6. The van der Waals surface area contributed by atoms with Crippen LogP contribution in [0, 0.1) is 12.3 Å². The second-order valence-corrected chi connectivity index (χ2v) is 10.6. The fourth-order valence-corrected chi connectivity index (χ4v) is 3.86. The summed E-state index contributed by atoms with van der Waals surface area (Å²) in [6, 6.07) is 8.49. The molecule has 4 N–H and O–H groups in total. The van der Waals surface area contributed by atoms with Crippen LogP contribution in [0.3, 0.4) is 0 Å². The normalized spacial score (nSPS) is 14.6. The van der Waals surface area contributed by atoms with E-state index >= 15 is 0 Å². The highest BCUT2D eigenvalue weighted by Crippen LogP contribution is 2.27. The van der Waals surface area contributed by atoms with Gasteiger partial charge < -0.3 is 21.1 Å². The zero-order valence-corrected chi connectivity index (χ0v) is 23.6. The lowest BCUT2D eigenvalue weighted by Crippen LogP contribution is -2.32. The van der Waals surface area contributed by atoms with E-state index in [4.69, 9.17) is 5.73 Å². The number of aromatic nitrogens is 1. The Morgan fingerprint density at radius 2 is 1.86 bits per heavy atom. The van der Waals surface area contributed by atoms with E-state index in [1.54, 1.807) is 16.2 Å². The fourth-order valence-electron chi connectivity index (χ4n) is 3.05. The maximum atomic E-state index is 11.6. The predicted octanol–water partition coefficient (Wildman–Crippen LogP) is 4.76. The average Bonchev–Trinajstić information content (AvgIpc) is 3.41. The summed E-state index contributed by atoms with van der Waals surface area (Å²) in [5.41, 5.74) is 10.3. The topological polar surface area (TPSA) is 109 Å². The number of nitrogens with two attached hydrogens (primary N) is 1. The molecular weight excluding hydrogens is 460 g/mol. The van der Waals surface area contributed by atoms with Gasteiger partial charge in [-0.1, -0.05) is 72.7 Å². The molecular formula is C27H46N4O3S. The molecule has 1 aromatic heterocycles. The summed E-state index contributed by atoms with van der Waals surface area (Å²) >= 11 is 1.64. The number of amides is 2. The van der Waals surface area contributed by atoms with Gasteiger partial charge in [-0.05, 0) is 35.9 Å². The number of likely N-dealkylation sites (tertiary alicyclic amines) is 1. The van der Waals surface area contributed by atoms with Gasteiger partial charge in [0.15, 0.2) is 0 Å². The van der Waals surface area contributed by atoms with E-state index in [1.807, 2.05) is 52.3 Å². The maximum Gasteiger partial charge on any atom is 0.223 e. The highest BCUT2D eigenvalue weighted by molar-refractivity contribution is 7.13. The molecule has 1 atom stereocenters. The number of aryl methyl sites for hydroxylation is 1. The van der Waals surface area contributed by atoms with Crippen molar-refractivity contribution in [2.75, 3.05) is 13.1 Å². The Balaban J connectivity index is 0.000000548. The minimum absolute atomic E-state index is 0.0463. The average molecular weight is 507 g/mol. The lowest BCUT2D eigenvalue weighted by molar-refractivity contribution is -0.132. The lowest BCUT2D eigenvalue weighted by atomic mass is 9.92. The van der Waals surface area contributed by atoms with Crippen molar-refractivity contribution in [3.8, 4) is 10.4 Å². The first-order valence-corrected chi connectivity index (χ1v) is 13.2. The number of β-amino-alcohol motifs (C(OH)–C–C–N with tert-alkyl or cyclic N) is 1. The van der Waals surface area contributed by atoms with Crippen LogP contribution < -0.4 is 11.1 Å². The number of hydrogen-bond acceptors (Lipinski definition) is 6. The van der Waals surface area contributed by atoms with Gasteiger partial charge in [-0.15, -0.1) is 11.3 Å². The van der Waals surface area contributed by atoms with Gasteiger partial charge in [0.05, 0.1) is 22.2 Å². The smallest absolute Gasteiger partial charge is 0.223 e. The lowest BCUT2D eigenvalue weighted by Gasteiger charge is -2.22. The highest BCUT2D eigenvalue weighted by Gasteiger charge is 2.27. The number of carbonyl (C=O) groups is 2. The molecule has 0 saturated carbocycles. The van der Waals surface area contributed by atoms with Crippen molar-refractivity contribution in [3.63, 3.8) is 0 Å². The van der Waals surface area contributed by atoms with Gasteiger partial charge in [0.1, 0.15) is 0 Å².